The fraction of sp³-hybridized carbons (Fsp3) is 0.625. The first kappa shape index (κ1) is 15.1. The van der Waals surface area contributed by atoms with Gasteiger partial charge in [-0.15, -0.1) is 0 Å². The highest BCUT2D eigenvalue weighted by Gasteiger charge is 2.19. The number of rotatable bonds is 7. The van der Waals surface area contributed by atoms with Gasteiger partial charge in [-0.05, 0) is 44.6 Å². The zero-order chi connectivity index (χ0) is 14.2. The lowest BCUT2D eigenvalue weighted by Gasteiger charge is -2.33. The van der Waals surface area contributed by atoms with Crippen LogP contribution >= 0.6 is 0 Å². The van der Waals surface area contributed by atoms with E-state index in [0.29, 0.717) is 12.6 Å². The average Bonchev–Trinajstić information content (AvgIpc) is 2.53. The van der Waals surface area contributed by atoms with Gasteiger partial charge in [-0.1, -0.05) is 19.1 Å². The highest BCUT2D eigenvalue weighted by atomic mass is 16.5. The summed E-state index contributed by atoms with van der Waals surface area (Å²) in [4.78, 5) is 2.52. The molecule has 1 aromatic rings. The molecule has 20 heavy (non-hydrogen) atoms. The second-order valence-corrected chi connectivity index (χ2v) is 5.11. The van der Waals surface area contributed by atoms with Crippen molar-refractivity contribution in [1.29, 1.82) is 0 Å². The molecule has 0 unspecified atom stereocenters. The van der Waals surface area contributed by atoms with Gasteiger partial charge in [0.05, 0.1) is 7.11 Å². The summed E-state index contributed by atoms with van der Waals surface area (Å²) < 4.78 is 11.2. The van der Waals surface area contributed by atoms with Crippen LogP contribution in [0.2, 0.25) is 0 Å². The Bertz CT molecular complexity index is 392. The van der Waals surface area contributed by atoms with Crippen molar-refractivity contribution in [2.75, 3.05) is 39.9 Å². The summed E-state index contributed by atoms with van der Waals surface area (Å²) in [5.41, 5.74) is 0. The van der Waals surface area contributed by atoms with Crippen molar-refractivity contribution in [2.45, 2.75) is 25.8 Å². The maximum atomic E-state index is 5.87. The third kappa shape index (κ3) is 4.12. The highest BCUT2D eigenvalue weighted by Crippen LogP contribution is 2.25. The summed E-state index contributed by atoms with van der Waals surface area (Å²) in [5, 5.41) is 3.42. The van der Waals surface area contributed by atoms with E-state index < -0.39 is 0 Å². The molecule has 0 spiro atoms. The van der Waals surface area contributed by atoms with Crippen LogP contribution in [0.1, 0.15) is 19.8 Å². The molecule has 0 aliphatic carbocycles. The van der Waals surface area contributed by atoms with E-state index >= 15 is 0 Å². The van der Waals surface area contributed by atoms with Crippen molar-refractivity contribution in [3.63, 3.8) is 0 Å². The van der Waals surface area contributed by atoms with E-state index in [9.17, 15) is 0 Å². The number of piperidine rings is 1. The minimum Gasteiger partial charge on any atom is -0.493 e. The van der Waals surface area contributed by atoms with Gasteiger partial charge in [-0.2, -0.15) is 0 Å². The van der Waals surface area contributed by atoms with Gasteiger partial charge >= 0.3 is 0 Å². The van der Waals surface area contributed by atoms with Gasteiger partial charge in [-0.25, -0.2) is 0 Å². The van der Waals surface area contributed by atoms with Gasteiger partial charge in [-0.3, -0.25) is 4.90 Å². The maximum Gasteiger partial charge on any atom is 0.161 e. The van der Waals surface area contributed by atoms with Crippen LogP contribution in [0.5, 0.6) is 11.5 Å². The Morgan fingerprint density at radius 3 is 2.55 bits per heavy atom. The van der Waals surface area contributed by atoms with Gasteiger partial charge in [0.2, 0.25) is 0 Å². The monoisotopic (exact) mass is 278 g/mol. The molecule has 0 amide bonds. The van der Waals surface area contributed by atoms with Crippen LogP contribution in [0.3, 0.4) is 0 Å². The molecule has 1 aliphatic rings. The molecule has 1 aliphatic heterocycles. The molecule has 112 valence electrons. The predicted octanol–water partition coefficient (Wildman–Crippen LogP) is 2.15. The Kier molecular flexibility index (Phi) is 6.15. The Balaban J connectivity index is 1.81. The molecule has 1 heterocycles. The van der Waals surface area contributed by atoms with Crippen molar-refractivity contribution in [3.05, 3.63) is 24.3 Å². The largest absolute Gasteiger partial charge is 0.493 e. The molecule has 1 aromatic carbocycles. The summed E-state index contributed by atoms with van der Waals surface area (Å²) in [6.45, 7) is 7.26. The molecule has 4 heteroatoms. The highest BCUT2D eigenvalue weighted by molar-refractivity contribution is 5.39. The van der Waals surface area contributed by atoms with Gasteiger partial charge in [0.25, 0.3) is 0 Å². The van der Waals surface area contributed by atoms with E-state index in [4.69, 9.17) is 9.47 Å². The number of likely N-dealkylation sites (N-methyl/N-ethyl adjacent to an activating group) is 1. The van der Waals surface area contributed by atoms with Crippen LogP contribution < -0.4 is 14.8 Å². The molecule has 1 saturated heterocycles. The van der Waals surface area contributed by atoms with Crippen LogP contribution in [0.25, 0.3) is 0 Å². The number of nitrogens with zero attached hydrogens (tertiary/aromatic N) is 1. The molecule has 0 atom stereocenters. The molecular weight excluding hydrogens is 252 g/mol. The Morgan fingerprint density at radius 1 is 1.20 bits per heavy atom. The number of hydrogen-bond donors (Lipinski definition) is 1. The molecule has 0 radical (unpaired) electrons. The van der Waals surface area contributed by atoms with Crippen LogP contribution in [0, 0.1) is 0 Å². The molecule has 1 N–H and O–H groups in total. The molecule has 0 bridgehead atoms. The molecular formula is C16H26N2O2. The lowest BCUT2D eigenvalue weighted by molar-refractivity contribution is 0.140. The predicted molar refractivity (Wildman–Crippen MR) is 81.6 cm³/mol. The normalized spacial score (nSPS) is 16.4. The van der Waals surface area contributed by atoms with E-state index in [1.165, 1.54) is 12.8 Å². The minimum atomic E-state index is 0.697. The average molecular weight is 278 g/mol. The quantitative estimate of drug-likeness (QED) is 0.828. The Morgan fingerprint density at radius 2 is 1.90 bits per heavy atom. The summed E-state index contributed by atoms with van der Waals surface area (Å²) in [7, 11) is 1.68. The minimum absolute atomic E-state index is 0.697. The van der Waals surface area contributed by atoms with E-state index in [-0.39, 0.29) is 0 Å². The van der Waals surface area contributed by atoms with Gasteiger partial charge in [0.1, 0.15) is 6.61 Å². The van der Waals surface area contributed by atoms with E-state index in [2.05, 4.69) is 17.1 Å². The van der Waals surface area contributed by atoms with Crippen LogP contribution in [-0.4, -0.2) is 50.8 Å². The first-order valence-electron chi connectivity index (χ1n) is 7.55. The molecule has 1 fully saturated rings. The van der Waals surface area contributed by atoms with Crippen molar-refractivity contribution >= 4 is 0 Å². The van der Waals surface area contributed by atoms with Crippen LogP contribution in [0.15, 0.2) is 24.3 Å². The number of ether oxygens (including phenoxy) is 2. The molecule has 0 aromatic heterocycles. The van der Waals surface area contributed by atoms with Crippen LogP contribution in [0.4, 0.5) is 0 Å². The number of methoxy groups -OCH3 is 1. The molecule has 4 nitrogen and oxygen atoms in total. The van der Waals surface area contributed by atoms with Crippen LogP contribution in [-0.2, 0) is 0 Å². The summed E-state index contributed by atoms with van der Waals surface area (Å²) in [5.74, 6) is 1.63. The smallest absolute Gasteiger partial charge is 0.161 e. The molecule has 2 rings (SSSR count). The number of para-hydroxylation sites is 2. The van der Waals surface area contributed by atoms with Crippen molar-refractivity contribution < 1.29 is 9.47 Å². The van der Waals surface area contributed by atoms with Crippen molar-refractivity contribution in [3.8, 4) is 11.5 Å². The van der Waals surface area contributed by atoms with E-state index in [1.54, 1.807) is 7.11 Å². The van der Waals surface area contributed by atoms with Crippen molar-refractivity contribution in [2.24, 2.45) is 0 Å². The Hall–Kier alpha value is -1.26. The zero-order valence-corrected chi connectivity index (χ0v) is 12.6. The summed E-state index contributed by atoms with van der Waals surface area (Å²) in [6, 6.07) is 8.52. The fourth-order valence-corrected chi connectivity index (χ4v) is 2.78. The standard InChI is InChI=1S/C16H26N2O2/c1-3-18(14-8-10-17-11-9-14)12-13-20-16-7-5-4-6-15(16)19-2/h4-7,14,17H,3,8-13H2,1-2H3. The summed E-state index contributed by atoms with van der Waals surface area (Å²) >= 11 is 0. The third-order valence-corrected chi connectivity index (χ3v) is 3.94. The lowest BCUT2D eigenvalue weighted by Crippen LogP contribution is -2.44. The SMILES string of the molecule is CCN(CCOc1ccccc1OC)C1CCNCC1. The van der Waals surface area contributed by atoms with Gasteiger partial charge in [0, 0.05) is 12.6 Å². The zero-order valence-electron chi connectivity index (χ0n) is 12.6. The molecule has 0 saturated carbocycles. The van der Waals surface area contributed by atoms with E-state index in [1.807, 2.05) is 24.3 Å². The fourth-order valence-electron chi connectivity index (χ4n) is 2.78. The Labute approximate surface area is 122 Å². The first-order valence-corrected chi connectivity index (χ1v) is 7.55. The van der Waals surface area contributed by atoms with Gasteiger partial charge < -0.3 is 14.8 Å². The third-order valence-electron chi connectivity index (χ3n) is 3.94. The lowest BCUT2D eigenvalue weighted by atomic mass is 10.1. The first-order chi connectivity index (χ1) is 9.85. The van der Waals surface area contributed by atoms with E-state index in [0.717, 1.165) is 37.7 Å². The second-order valence-electron chi connectivity index (χ2n) is 5.11. The number of benzene rings is 1. The van der Waals surface area contributed by atoms with Crippen molar-refractivity contribution in [1.82, 2.24) is 10.2 Å². The number of nitrogens with one attached hydrogen (secondary N) is 1. The number of hydrogen-bond acceptors (Lipinski definition) is 4. The second kappa shape index (κ2) is 8.12. The summed E-state index contributed by atoms with van der Waals surface area (Å²) in [6.07, 6.45) is 2.48. The topological polar surface area (TPSA) is 33.7 Å². The maximum absolute atomic E-state index is 5.87. The van der Waals surface area contributed by atoms with Gasteiger partial charge in [0.15, 0.2) is 11.5 Å².